The number of carboxylic acids is 2. The fraction of sp³-hybridized carbons (Fsp3) is 0.385. The first-order valence-corrected chi connectivity index (χ1v) is 9.05. The molecule has 0 fully saturated rings. The fourth-order valence-electron chi connectivity index (χ4n) is 1.64. The first-order chi connectivity index (χ1) is 10.1. The van der Waals surface area contributed by atoms with Gasteiger partial charge in [-0.2, -0.15) is 8.42 Å². The molecule has 7 nitrogen and oxygen atoms in total. The topological polar surface area (TPSA) is 129 Å². The Balaban J connectivity index is 0.000000406. The van der Waals surface area contributed by atoms with Gasteiger partial charge in [-0.05, 0) is 0 Å². The van der Waals surface area contributed by atoms with Gasteiger partial charge in [0.15, 0.2) is 5.25 Å². The molecule has 0 bridgehead atoms. The molecular formula is C13H17NaO7S. The molecule has 1 aromatic carbocycles. The van der Waals surface area contributed by atoms with Crippen molar-refractivity contribution in [1.29, 1.82) is 0 Å². The van der Waals surface area contributed by atoms with E-state index in [9.17, 15) is 18.0 Å². The zero-order valence-electron chi connectivity index (χ0n) is 12.4. The predicted octanol–water partition coefficient (Wildman–Crippen LogP) is 0.235. The SMILES string of the molecule is CCCc1cccc[c]1[Na].O=C(O)CC(C(=O)O)S(=O)(=O)O. The van der Waals surface area contributed by atoms with Crippen LogP contribution in [0.3, 0.4) is 0 Å². The third kappa shape index (κ3) is 8.50. The molecule has 0 heterocycles. The molecule has 0 aliphatic heterocycles. The van der Waals surface area contributed by atoms with Crippen LogP contribution >= 0.6 is 0 Å². The van der Waals surface area contributed by atoms with Crippen molar-refractivity contribution in [2.75, 3.05) is 0 Å². The van der Waals surface area contributed by atoms with Gasteiger partial charge in [0.1, 0.15) is 0 Å². The molecule has 118 valence electrons. The minimum atomic E-state index is -4.84. The second kappa shape index (κ2) is 9.96. The van der Waals surface area contributed by atoms with Crippen LogP contribution in [0.25, 0.3) is 0 Å². The number of aliphatic carboxylic acids is 2. The number of rotatable bonds is 6. The van der Waals surface area contributed by atoms with Gasteiger partial charge in [-0.15, -0.1) is 0 Å². The molecule has 1 atom stereocenters. The Kier molecular flexibility index (Phi) is 9.54. The molecule has 3 N–H and O–H groups in total. The third-order valence-electron chi connectivity index (χ3n) is 2.78. The van der Waals surface area contributed by atoms with E-state index in [1.54, 1.807) is 8.38 Å². The van der Waals surface area contributed by atoms with E-state index in [1.807, 2.05) is 0 Å². The molecule has 1 rings (SSSR count). The summed E-state index contributed by atoms with van der Waals surface area (Å²) in [5.74, 6) is -3.50. The predicted molar refractivity (Wildman–Crippen MR) is 81.1 cm³/mol. The van der Waals surface area contributed by atoms with Crippen LogP contribution in [0.4, 0.5) is 0 Å². The Morgan fingerprint density at radius 2 is 1.77 bits per heavy atom. The summed E-state index contributed by atoms with van der Waals surface area (Å²) in [7, 11) is -4.84. The van der Waals surface area contributed by atoms with Gasteiger partial charge in [0.2, 0.25) is 0 Å². The molecule has 22 heavy (non-hydrogen) atoms. The van der Waals surface area contributed by atoms with Crippen LogP contribution in [0.2, 0.25) is 0 Å². The number of benzene rings is 1. The van der Waals surface area contributed by atoms with E-state index in [1.165, 1.54) is 40.8 Å². The van der Waals surface area contributed by atoms with E-state index < -0.39 is 33.7 Å². The molecule has 1 unspecified atom stereocenters. The normalized spacial score (nSPS) is 12.0. The van der Waals surface area contributed by atoms with Crippen molar-refractivity contribution in [2.24, 2.45) is 0 Å². The molecule has 0 amide bonds. The van der Waals surface area contributed by atoms with Crippen molar-refractivity contribution in [3.63, 3.8) is 0 Å². The molecule has 0 radical (unpaired) electrons. The van der Waals surface area contributed by atoms with E-state index in [4.69, 9.17) is 14.8 Å². The van der Waals surface area contributed by atoms with Gasteiger partial charge in [0, 0.05) is 0 Å². The number of aryl methyl sites for hydroxylation is 1. The van der Waals surface area contributed by atoms with Crippen LogP contribution in [0.15, 0.2) is 24.3 Å². The Labute approximate surface area is 146 Å². The average Bonchev–Trinajstić information content (AvgIpc) is 2.38. The van der Waals surface area contributed by atoms with E-state index in [0.29, 0.717) is 0 Å². The number of hydrogen-bond acceptors (Lipinski definition) is 4. The van der Waals surface area contributed by atoms with Crippen LogP contribution in [-0.2, 0) is 26.1 Å². The van der Waals surface area contributed by atoms with Gasteiger partial charge in [-0.25, -0.2) is 0 Å². The molecule has 0 spiro atoms. The Hall–Kier alpha value is -0.930. The summed E-state index contributed by atoms with van der Waals surface area (Å²) in [4.78, 5) is 20.0. The molecule has 9 heteroatoms. The maximum atomic E-state index is 10.2. The van der Waals surface area contributed by atoms with Crippen LogP contribution in [0.1, 0.15) is 25.3 Å². The van der Waals surface area contributed by atoms with Crippen LogP contribution in [-0.4, -0.2) is 68.3 Å². The molecule has 0 aliphatic carbocycles. The molecule has 1 aromatic rings. The van der Waals surface area contributed by atoms with Crippen molar-refractivity contribution in [2.45, 2.75) is 31.4 Å². The summed E-state index contributed by atoms with van der Waals surface area (Å²) >= 11 is 1.19. The Morgan fingerprint density at radius 3 is 2.09 bits per heavy atom. The van der Waals surface area contributed by atoms with Gasteiger partial charge < -0.3 is 10.2 Å². The number of carboxylic acid groups (broad SMARTS) is 2. The van der Waals surface area contributed by atoms with Crippen molar-refractivity contribution >= 4 is 52.8 Å². The molecular weight excluding hydrogens is 323 g/mol. The maximum absolute atomic E-state index is 10.2. The summed E-state index contributed by atoms with van der Waals surface area (Å²) in [5, 5.41) is 13.9. The van der Waals surface area contributed by atoms with Crippen LogP contribution in [0, 0.1) is 0 Å². The zero-order chi connectivity index (χ0) is 17.3. The van der Waals surface area contributed by atoms with Crippen LogP contribution in [0.5, 0.6) is 0 Å². The Bertz CT molecular complexity index is 613. The summed E-state index contributed by atoms with van der Waals surface area (Å²) in [6.07, 6.45) is 1.35. The van der Waals surface area contributed by atoms with Crippen LogP contribution < -0.4 is 2.81 Å². The summed E-state index contributed by atoms with van der Waals surface area (Å²) < 4.78 is 30.2. The minimum absolute atomic E-state index is 1.16. The maximum Gasteiger partial charge on any atom is 0.325 e. The molecule has 0 aromatic heterocycles. The zero-order valence-corrected chi connectivity index (χ0v) is 15.2. The second-order valence-electron chi connectivity index (χ2n) is 4.62. The van der Waals surface area contributed by atoms with E-state index >= 15 is 0 Å². The smallest absolute Gasteiger partial charge is 0.325 e. The van der Waals surface area contributed by atoms with Crippen molar-refractivity contribution in [1.82, 2.24) is 0 Å². The Morgan fingerprint density at radius 1 is 1.23 bits per heavy atom. The van der Waals surface area contributed by atoms with Gasteiger partial charge in [-0.1, -0.05) is 0 Å². The molecule has 0 saturated carbocycles. The van der Waals surface area contributed by atoms with Gasteiger partial charge in [0.05, 0.1) is 6.42 Å². The largest absolute Gasteiger partial charge is 0.481 e. The van der Waals surface area contributed by atoms with Gasteiger partial charge in [-0.3, -0.25) is 14.1 Å². The summed E-state index contributed by atoms with van der Waals surface area (Å²) in [5.41, 5.74) is 1.55. The van der Waals surface area contributed by atoms with E-state index in [-0.39, 0.29) is 0 Å². The standard InChI is InChI=1S/C9H11.C4H6O7S.Na/c1-2-6-9-7-4-3-5-8-9;5-3(6)1-2(4(7)8)12(9,10)11;/h3-5,7H,2,6H2,1H3;2H,1H2,(H,5,6)(H,7,8)(H,9,10,11);. The second-order valence-corrected chi connectivity index (χ2v) is 7.29. The van der Waals surface area contributed by atoms with Gasteiger partial charge >= 0.3 is 92.3 Å². The monoisotopic (exact) mass is 340 g/mol. The molecule has 0 aliphatic rings. The molecule has 0 saturated heterocycles. The summed E-state index contributed by atoms with van der Waals surface area (Å²) in [6.45, 7) is 2.23. The minimum Gasteiger partial charge on any atom is -0.481 e. The summed E-state index contributed by atoms with van der Waals surface area (Å²) in [6, 6.07) is 8.73. The van der Waals surface area contributed by atoms with Crippen molar-refractivity contribution in [3.05, 3.63) is 29.8 Å². The number of carbonyl (C=O) groups is 2. The third-order valence-corrected chi connectivity index (χ3v) is 4.84. The van der Waals surface area contributed by atoms with E-state index in [2.05, 4.69) is 31.2 Å². The average molecular weight is 340 g/mol. The number of hydrogen-bond donors (Lipinski definition) is 3. The van der Waals surface area contributed by atoms with Crippen molar-refractivity contribution in [3.8, 4) is 0 Å². The first-order valence-electron chi connectivity index (χ1n) is 6.55. The van der Waals surface area contributed by atoms with E-state index in [0.717, 1.165) is 0 Å². The van der Waals surface area contributed by atoms with Crippen molar-refractivity contribution < 1.29 is 32.8 Å². The fourth-order valence-corrected chi connectivity index (χ4v) is 2.86. The quantitative estimate of drug-likeness (QED) is 0.499. The van der Waals surface area contributed by atoms with Gasteiger partial charge in [0.25, 0.3) is 10.1 Å². The first kappa shape index (κ1) is 21.1.